The molecule has 0 bridgehead atoms. The number of rotatable bonds is 7. The molecule has 2 N–H and O–H groups in total. The molecule has 0 saturated heterocycles. The van der Waals surface area contributed by atoms with Crippen molar-refractivity contribution in [3.63, 3.8) is 0 Å². The lowest BCUT2D eigenvalue weighted by atomic mass is 10.0. The third-order valence-electron chi connectivity index (χ3n) is 3.34. The van der Waals surface area contributed by atoms with E-state index in [2.05, 4.69) is 28.8 Å². The van der Waals surface area contributed by atoms with Gasteiger partial charge < -0.3 is 15.4 Å². The van der Waals surface area contributed by atoms with Gasteiger partial charge in [-0.2, -0.15) is 0 Å². The van der Waals surface area contributed by atoms with Crippen LogP contribution in [-0.2, 0) is 12.8 Å². The number of aryl methyl sites for hydroxylation is 1. The first-order valence-corrected chi connectivity index (χ1v) is 7.00. The largest absolute Gasteiger partial charge is 0.493 e. The smallest absolute Gasteiger partial charge is 0.122 e. The van der Waals surface area contributed by atoms with Gasteiger partial charge in [0.2, 0.25) is 0 Å². The van der Waals surface area contributed by atoms with E-state index in [4.69, 9.17) is 4.74 Å². The summed E-state index contributed by atoms with van der Waals surface area (Å²) in [7, 11) is 2.00. The van der Waals surface area contributed by atoms with Crippen molar-refractivity contribution in [3.05, 3.63) is 29.3 Å². The monoisotopic (exact) mass is 248 g/mol. The molecule has 0 atom stereocenters. The minimum absolute atomic E-state index is 0.874. The van der Waals surface area contributed by atoms with Crippen LogP contribution >= 0.6 is 0 Å². The van der Waals surface area contributed by atoms with Crippen molar-refractivity contribution in [1.29, 1.82) is 0 Å². The van der Waals surface area contributed by atoms with Gasteiger partial charge in [0.1, 0.15) is 5.75 Å². The van der Waals surface area contributed by atoms with Crippen molar-refractivity contribution < 1.29 is 4.74 Å². The number of ether oxygens (including phenoxy) is 1. The predicted octanol–water partition coefficient (Wildman–Crippen LogP) is 1.75. The molecule has 1 heterocycles. The number of nitrogens with one attached hydrogen (secondary N) is 2. The van der Waals surface area contributed by atoms with Crippen LogP contribution in [0, 0.1) is 0 Å². The lowest BCUT2D eigenvalue weighted by molar-refractivity contribution is 0.288. The summed E-state index contributed by atoms with van der Waals surface area (Å²) < 4.78 is 5.63. The van der Waals surface area contributed by atoms with E-state index >= 15 is 0 Å². The first-order chi connectivity index (χ1) is 8.90. The van der Waals surface area contributed by atoms with Gasteiger partial charge in [-0.05, 0) is 69.6 Å². The summed E-state index contributed by atoms with van der Waals surface area (Å²) in [5, 5.41) is 6.63. The van der Waals surface area contributed by atoms with Crippen LogP contribution in [-0.4, -0.2) is 33.3 Å². The van der Waals surface area contributed by atoms with Crippen molar-refractivity contribution in [3.8, 4) is 5.75 Å². The normalized spacial score (nSPS) is 14.1. The van der Waals surface area contributed by atoms with Crippen molar-refractivity contribution in [2.45, 2.75) is 25.7 Å². The molecule has 1 aliphatic rings. The summed E-state index contributed by atoms with van der Waals surface area (Å²) in [5.74, 6) is 1.09. The van der Waals surface area contributed by atoms with Gasteiger partial charge in [0.05, 0.1) is 6.61 Å². The summed E-state index contributed by atoms with van der Waals surface area (Å²) in [4.78, 5) is 0. The Balaban J connectivity index is 1.72. The van der Waals surface area contributed by atoms with E-state index in [1.165, 1.54) is 24.0 Å². The fourth-order valence-electron chi connectivity index (χ4n) is 2.32. The highest BCUT2D eigenvalue weighted by Gasteiger charge is 2.09. The molecule has 1 aromatic carbocycles. The molecule has 1 aromatic rings. The van der Waals surface area contributed by atoms with Crippen LogP contribution < -0.4 is 15.4 Å². The lowest BCUT2D eigenvalue weighted by Gasteiger charge is -2.17. The Morgan fingerprint density at radius 1 is 1.22 bits per heavy atom. The Kier molecular flexibility index (Phi) is 5.49. The summed E-state index contributed by atoms with van der Waals surface area (Å²) in [5.41, 5.74) is 2.80. The topological polar surface area (TPSA) is 33.3 Å². The molecule has 2 rings (SSSR count). The maximum absolute atomic E-state index is 5.63. The highest BCUT2D eigenvalue weighted by Crippen LogP contribution is 2.25. The molecule has 0 radical (unpaired) electrons. The van der Waals surface area contributed by atoms with Gasteiger partial charge in [-0.15, -0.1) is 0 Å². The maximum Gasteiger partial charge on any atom is 0.122 e. The van der Waals surface area contributed by atoms with Crippen LogP contribution in [0.5, 0.6) is 5.75 Å². The lowest BCUT2D eigenvalue weighted by Crippen LogP contribution is -2.22. The van der Waals surface area contributed by atoms with Crippen LogP contribution in [0.4, 0.5) is 0 Å². The third-order valence-corrected chi connectivity index (χ3v) is 3.34. The molecule has 0 amide bonds. The second-order valence-electron chi connectivity index (χ2n) is 4.85. The van der Waals surface area contributed by atoms with Gasteiger partial charge in [0.25, 0.3) is 0 Å². The van der Waals surface area contributed by atoms with Gasteiger partial charge in [0, 0.05) is 0 Å². The average Bonchev–Trinajstić information content (AvgIpc) is 2.42. The molecule has 0 aliphatic carbocycles. The fraction of sp³-hybridized carbons (Fsp3) is 0.600. The highest BCUT2D eigenvalue weighted by molar-refractivity contribution is 5.38. The minimum atomic E-state index is 0.874. The molecule has 0 unspecified atom stereocenters. The van der Waals surface area contributed by atoms with Crippen molar-refractivity contribution >= 4 is 0 Å². The third kappa shape index (κ3) is 4.00. The first kappa shape index (κ1) is 13.4. The number of benzene rings is 1. The second-order valence-corrected chi connectivity index (χ2v) is 4.85. The van der Waals surface area contributed by atoms with Gasteiger partial charge in [-0.3, -0.25) is 0 Å². The minimum Gasteiger partial charge on any atom is -0.493 e. The summed E-state index contributed by atoms with van der Waals surface area (Å²) >= 11 is 0. The van der Waals surface area contributed by atoms with Crippen molar-refractivity contribution in [2.75, 3.05) is 33.3 Å². The predicted molar refractivity (Wildman–Crippen MR) is 75.4 cm³/mol. The molecule has 3 nitrogen and oxygen atoms in total. The van der Waals surface area contributed by atoms with Crippen LogP contribution in [0.1, 0.15) is 24.0 Å². The molecule has 0 saturated carbocycles. The second kappa shape index (κ2) is 7.39. The number of fused-ring (bicyclic) bond motifs is 1. The van der Waals surface area contributed by atoms with Crippen molar-refractivity contribution in [1.82, 2.24) is 10.6 Å². The zero-order valence-corrected chi connectivity index (χ0v) is 11.3. The van der Waals surface area contributed by atoms with Crippen LogP contribution in [0.2, 0.25) is 0 Å². The average molecular weight is 248 g/mol. The number of hydrogen-bond acceptors (Lipinski definition) is 3. The Morgan fingerprint density at radius 2 is 2.17 bits per heavy atom. The van der Waals surface area contributed by atoms with Crippen LogP contribution in [0.25, 0.3) is 0 Å². The van der Waals surface area contributed by atoms with Crippen molar-refractivity contribution in [2.24, 2.45) is 0 Å². The van der Waals surface area contributed by atoms with E-state index in [1.807, 2.05) is 7.05 Å². The molecular formula is C15H24N2O. The van der Waals surface area contributed by atoms with Crippen LogP contribution in [0.15, 0.2) is 18.2 Å². The van der Waals surface area contributed by atoms with E-state index in [-0.39, 0.29) is 0 Å². The summed E-state index contributed by atoms with van der Waals surface area (Å²) in [6.45, 7) is 4.11. The standard InChI is InChI=1S/C15H24N2O/c1-16-8-3-9-17-10-7-13-5-6-15-14(12-13)4-2-11-18-15/h5-6,12,16-17H,2-4,7-11H2,1H3. The molecular weight excluding hydrogens is 224 g/mol. The quantitative estimate of drug-likeness (QED) is 0.721. The first-order valence-electron chi connectivity index (χ1n) is 7.00. The molecule has 3 heteroatoms. The van der Waals surface area contributed by atoms with E-state index in [0.717, 1.165) is 44.8 Å². The van der Waals surface area contributed by atoms with E-state index in [0.29, 0.717) is 0 Å². The summed E-state index contributed by atoms with van der Waals surface area (Å²) in [6, 6.07) is 6.63. The van der Waals surface area contributed by atoms with Gasteiger partial charge in [-0.1, -0.05) is 12.1 Å². The van der Waals surface area contributed by atoms with E-state index in [9.17, 15) is 0 Å². The Labute approximate surface area is 110 Å². The molecule has 0 aromatic heterocycles. The molecule has 100 valence electrons. The Hall–Kier alpha value is -1.06. The zero-order valence-electron chi connectivity index (χ0n) is 11.3. The number of hydrogen-bond donors (Lipinski definition) is 2. The summed E-state index contributed by atoms with van der Waals surface area (Å²) in [6.07, 6.45) is 4.61. The van der Waals surface area contributed by atoms with Gasteiger partial charge >= 0.3 is 0 Å². The molecule has 0 spiro atoms. The SMILES string of the molecule is CNCCCNCCc1ccc2c(c1)CCCO2. The van der Waals surface area contributed by atoms with Gasteiger partial charge in [-0.25, -0.2) is 0 Å². The Bertz CT molecular complexity index is 366. The molecule has 1 aliphatic heterocycles. The van der Waals surface area contributed by atoms with Crippen LogP contribution in [0.3, 0.4) is 0 Å². The fourth-order valence-corrected chi connectivity index (χ4v) is 2.32. The maximum atomic E-state index is 5.63. The van der Waals surface area contributed by atoms with Gasteiger partial charge in [0.15, 0.2) is 0 Å². The van der Waals surface area contributed by atoms with E-state index in [1.54, 1.807) is 0 Å². The molecule has 0 fully saturated rings. The highest BCUT2D eigenvalue weighted by atomic mass is 16.5. The zero-order chi connectivity index (χ0) is 12.6. The van der Waals surface area contributed by atoms with E-state index < -0.39 is 0 Å². The Morgan fingerprint density at radius 3 is 3.06 bits per heavy atom. The molecule has 18 heavy (non-hydrogen) atoms.